The average molecular weight is 562 g/mol. The molecule has 0 atom stereocenters. The van der Waals surface area contributed by atoms with Gasteiger partial charge in [0.25, 0.3) is 0 Å². The van der Waals surface area contributed by atoms with Crippen molar-refractivity contribution in [2.75, 3.05) is 51.3 Å². The molecule has 7 nitrogen and oxygen atoms in total. The molecule has 0 bridgehead atoms. The number of piperidine rings is 2. The third-order valence-corrected chi connectivity index (χ3v) is 7.30. The van der Waals surface area contributed by atoms with Gasteiger partial charge in [-0.05, 0) is 90.1 Å². The molecule has 4 rings (SSSR count). The number of likely N-dealkylation sites (tertiary alicyclic amines) is 2. The Bertz CT molecular complexity index is 1080. The standard InChI is InChI=1S/C22H33N3O3.C8H5F3O/c1-3-28-22(27)18-9-15-24(16-10-18)17-21(26)25(19-7-5-4-6-8-19)20-11-13-23(2)14-12-20;9-8(10,11)7-3-1-6(5-12)2-4-7/h4-8,18,20H,3,9-17H2,1-2H3;1-5H. The predicted molar refractivity (Wildman–Crippen MR) is 147 cm³/mol. The third kappa shape index (κ3) is 9.16. The van der Waals surface area contributed by atoms with Crippen molar-refractivity contribution in [3.63, 3.8) is 0 Å². The van der Waals surface area contributed by atoms with Crippen LogP contribution in [0.15, 0.2) is 54.6 Å². The van der Waals surface area contributed by atoms with Crippen molar-refractivity contribution in [3.8, 4) is 0 Å². The quantitative estimate of drug-likeness (QED) is 0.354. The molecule has 10 heteroatoms. The fourth-order valence-corrected chi connectivity index (χ4v) is 5.01. The lowest BCUT2D eigenvalue weighted by Crippen LogP contribution is -2.51. The molecule has 40 heavy (non-hydrogen) atoms. The number of halogens is 3. The van der Waals surface area contributed by atoms with Crippen molar-refractivity contribution in [2.45, 2.75) is 44.8 Å². The molecule has 2 aliphatic rings. The highest BCUT2D eigenvalue weighted by Crippen LogP contribution is 2.29. The Balaban J connectivity index is 0.000000307. The lowest BCUT2D eigenvalue weighted by atomic mass is 9.97. The molecule has 2 heterocycles. The van der Waals surface area contributed by atoms with Crippen LogP contribution < -0.4 is 4.90 Å². The summed E-state index contributed by atoms with van der Waals surface area (Å²) in [6.45, 7) is 6.26. The summed E-state index contributed by atoms with van der Waals surface area (Å²) in [4.78, 5) is 41.8. The van der Waals surface area contributed by atoms with E-state index in [1.54, 1.807) is 0 Å². The molecular weight excluding hydrogens is 523 g/mol. The summed E-state index contributed by atoms with van der Waals surface area (Å²) in [6.07, 6.45) is -0.289. The summed E-state index contributed by atoms with van der Waals surface area (Å²) >= 11 is 0. The second kappa shape index (κ2) is 14.9. The summed E-state index contributed by atoms with van der Waals surface area (Å²) in [5, 5.41) is 0. The number of para-hydroxylation sites is 1. The van der Waals surface area contributed by atoms with Gasteiger partial charge in [-0.3, -0.25) is 19.3 Å². The van der Waals surface area contributed by atoms with E-state index >= 15 is 0 Å². The molecule has 2 fully saturated rings. The number of hydrogen-bond donors (Lipinski definition) is 0. The topological polar surface area (TPSA) is 70.2 Å². The Morgan fingerprint density at radius 2 is 1.55 bits per heavy atom. The second-order valence-electron chi connectivity index (χ2n) is 10.2. The number of amides is 1. The van der Waals surface area contributed by atoms with Gasteiger partial charge < -0.3 is 14.5 Å². The number of carbonyl (C=O) groups is 3. The maximum Gasteiger partial charge on any atom is 0.416 e. The average Bonchev–Trinajstić information content (AvgIpc) is 2.95. The highest BCUT2D eigenvalue weighted by Gasteiger charge is 2.32. The van der Waals surface area contributed by atoms with Crippen LogP contribution in [0, 0.1) is 5.92 Å². The first-order chi connectivity index (χ1) is 19.1. The number of carbonyl (C=O) groups excluding carboxylic acids is 3. The number of hydrogen-bond acceptors (Lipinski definition) is 6. The number of ether oxygens (including phenoxy) is 1. The van der Waals surface area contributed by atoms with E-state index in [4.69, 9.17) is 4.74 Å². The largest absolute Gasteiger partial charge is 0.466 e. The molecule has 2 saturated heterocycles. The number of alkyl halides is 3. The van der Waals surface area contributed by atoms with Crippen LogP contribution in [0.25, 0.3) is 0 Å². The van der Waals surface area contributed by atoms with Gasteiger partial charge in [-0.2, -0.15) is 13.2 Å². The van der Waals surface area contributed by atoms with Crippen LogP contribution >= 0.6 is 0 Å². The van der Waals surface area contributed by atoms with Gasteiger partial charge in [0.2, 0.25) is 5.91 Å². The molecule has 0 spiro atoms. The van der Waals surface area contributed by atoms with Gasteiger partial charge in [-0.15, -0.1) is 0 Å². The molecule has 0 radical (unpaired) electrons. The number of esters is 1. The molecule has 218 valence electrons. The van der Waals surface area contributed by atoms with Crippen molar-refractivity contribution >= 4 is 23.9 Å². The van der Waals surface area contributed by atoms with Gasteiger partial charge >= 0.3 is 12.1 Å². The molecule has 0 N–H and O–H groups in total. The number of nitrogens with zero attached hydrogens (tertiary/aromatic N) is 3. The monoisotopic (exact) mass is 561 g/mol. The van der Waals surface area contributed by atoms with Crippen molar-refractivity contribution in [1.29, 1.82) is 0 Å². The van der Waals surface area contributed by atoms with Crippen molar-refractivity contribution in [1.82, 2.24) is 9.80 Å². The van der Waals surface area contributed by atoms with Crippen LogP contribution in [0.4, 0.5) is 18.9 Å². The first kappa shape index (κ1) is 31.3. The lowest BCUT2D eigenvalue weighted by molar-refractivity contribution is -0.149. The van der Waals surface area contributed by atoms with Crippen molar-refractivity contribution < 1.29 is 32.3 Å². The summed E-state index contributed by atoms with van der Waals surface area (Å²) in [5.74, 6) is 0.0476. The molecule has 1 amide bonds. The van der Waals surface area contributed by atoms with Crippen LogP contribution in [0.3, 0.4) is 0 Å². The van der Waals surface area contributed by atoms with Crippen LogP contribution in [0.2, 0.25) is 0 Å². The van der Waals surface area contributed by atoms with Crippen molar-refractivity contribution in [3.05, 3.63) is 65.7 Å². The maximum absolute atomic E-state index is 13.3. The number of aldehydes is 1. The molecule has 2 aromatic rings. The first-order valence-electron chi connectivity index (χ1n) is 13.7. The van der Waals surface area contributed by atoms with Gasteiger partial charge in [0, 0.05) is 17.3 Å². The zero-order valence-electron chi connectivity index (χ0n) is 23.1. The molecule has 0 aliphatic carbocycles. The molecule has 0 unspecified atom stereocenters. The molecular formula is C30H38F3N3O4. The van der Waals surface area contributed by atoms with Crippen molar-refractivity contribution in [2.24, 2.45) is 5.92 Å². The zero-order chi connectivity index (χ0) is 29.1. The Labute approximate surface area is 233 Å². The SMILES string of the molecule is CCOC(=O)C1CCN(CC(=O)N(c2ccccc2)C2CCN(C)CC2)CC1.O=Cc1ccc(C(F)(F)F)cc1. The maximum atomic E-state index is 13.3. The lowest BCUT2D eigenvalue weighted by Gasteiger charge is -2.39. The van der Waals surface area contributed by atoms with Crippen LogP contribution in [-0.2, 0) is 20.5 Å². The van der Waals surface area contributed by atoms with Crippen LogP contribution in [0.5, 0.6) is 0 Å². The van der Waals surface area contributed by atoms with Gasteiger partial charge in [0.05, 0.1) is 24.6 Å². The van der Waals surface area contributed by atoms with Crippen LogP contribution in [0.1, 0.15) is 48.5 Å². The molecule has 0 aromatic heterocycles. The summed E-state index contributed by atoms with van der Waals surface area (Å²) in [7, 11) is 2.14. The third-order valence-electron chi connectivity index (χ3n) is 7.30. The van der Waals surface area contributed by atoms with E-state index in [1.807, 2.05) is 42.2 Å². The van der Waals surface area contributed by atoms with E-state index in [1.165, 1.54) is 0 Å². The minimum absolute atomic E-state index is 0.0228. The normalized spacial score (nSPS) is 17.4. The van der Waals surface area contributed by atoms with E-state index < -0.39 is 11.7 Å². The second-order valence-corrected chi connectivity index (χ2v) is 10.2. The summed E-state index contributed by atoms with van der Waals surface area (Å²) in [5.41, 5.74) is 0.486. The minimum atomic E-state index is -4.33. The molecule has 0 saturated carbocycles. The van der Waals surface area contributed by atoms with E-state index in [2.05, 4.69) is 16.8 Å². The highest BCUT2D eigenvalue weighted by atomic mass is 19.4. The summed E-state index contributed by atoms with van der Waals surface area (Å²) in [6, 6.07) is 14.3. The Kier molecular flexibility index (Phi) is 11.7. The smallest absolute Gasteiger partial charge is 0.416 e. The Morgan fingerprint density at radius 3 is 2.08 bits per heavy atom. The number of benzene rings is 2. The molecule has 2 aromatic carbocycles. The Hall–Kier alpha value is -3.24. The van der Waals surface area contributed by atoms with Gasteiger partial charge in [0.15, 0.2) is 0 Å². The first-order valence-corrected chi connectivity index (χ1v) is 13.7. The van der Waals surface area contributed by atoms with E-state index in [0.29, 0.717) is 19.4 Å². The fraction of sp³-hybridized carbons (Fsp3) is 0.500. The van der Waals surface area contributed by atoms with Gasteiger partial charge in [0.1, 0.15) is 6.29 Å². The number of rotatable bonds is 7. The van der Waals surface area contributed by atoms with E-state index in [0.717, 1.165) is 81.8 Å². The highest BCUT2D eigenvalue weighted by molar-refractivity contribution is 5.95. The zero-order valence-corrected chi connectivity index (χ0v) is 23.1. The number of anilines is 1. The van der Waals surface area contributed by atoms with E-state index in [9.17, 15) is 27.6 Å². The fourth-order valence-electron chi connectivity index (χ4n) is 5.01. The molecule has 2 aliphatic heterocycles. The minimum Gasteiger partial charge on any atom is -0.466 e. The van der Waals surface area contributed by atoms with Gasteiger partial charge in [-0.25, -0.2) is 0 Å². The van der Waals surface area contributed by atoms with Crippen LogP contribution in [-0.4, -0.2) is 80.4 Å². The van der Waals surface area contributed by atoms with Gasteiger partial charge in [-0.1, -0.05) is 30.3 Å². The summed E-state index contributed by atoms with van der Waals surface area (Å²) < 4.78 is 41.0. The van der Waals surface area contributed by atoms with E-state index in [-0.39, 0.29) is 29.4 Å². The Morgan fingerprint density at radius 1 is 0.950 bits per heavy atom. The predicted octanol–water partition coefficient (Wildman–Crippen LogP) is 4.91.